The fraction of sp³-hybridized carbons (Fsp3) is 1.00. The summed E-state index contributed by atoms with van der Waals surface area (Å²) in [5, 5.41) is 0. The van der Waals surface area contributed by atoms with Crippen LogP contribution in [0.4, 0.5) is 0 Å². The first-order chi connectivity index (χ1) is 5.70. The summed E-state index contributed by atoms with van der Waals surface area (Å²) in [4.78, 5) is 0. The lowest BCUT2D eigenvalue weighted by atomic mass is 10.2. The van der Waals surface area contributed by atoms with Crippen molar-refractivity contribution in [3.05, 3.63) is 0 Å². The molecular weight excluding hydrogens is 154 g/mol. The van der Waals surface area contributed by atoms with Crippen molar-refractivity contribution in [2.45, 2.75) is 45.9 Å². The predicted molar refractivity (Wildman–Crippen MR) is 49.9 cm³/mol. The van der Waals surface area contributed by atoms with E-state index in [-0.39, 0.29) is 12.3 Å². The molecule has 0 aliphatic heterocycles. The van der Waals surface area contributed by atoms with Gasteiger partial charge in [0.2, 0.25) is 0 Å². The lowest BCUT2D eigenvalue weighted by Crippen LogP contribution is -2.22. The third kappa shape index (κ3) is 6.58. The second-order valence-corrected chi connectivity index (χ2v) is 2.89. The normalized spacial score (nSPS) is 13.8. The van der Waals surface area contributed by atoms with Crippen LogP contribution in [0.5, 0.6) is 0 Å². The van der Waals surface area contributed by atoms with E-state index in [2.05, 4.69) is 0 Å². The molecule has 0 amide bonds. The maximum absolute atomic E-state index is 5.62. The molecule has 1 unspecified atom stereocenters. The first-order valence-electron chi connectivity index (χ1n) is 4.69. The molecule has 0 aromatic carbocycles. The molecule has 2 N–H and O–H groups in total. The first-order valence-corrected chi connectivity index (χ1v) is 4.69. The van der Waals surface area contributed by atoms with Gasteiger partial charge in [-0.15, -0.1) is 0 Å². The smallest absolute Gasteiger partial charge is 0.157 e. The van der Waals surface area contributed by atoms with E-state index < -0.39 is 0 Å². The topological polar surface area (TPSA) is 44.5 Å². The van der Waals surface area contributed by atoms with Gasteiger partial charge in [-0.25, -0.2) is 0 Å². The zero-order valence-corrected chi connectivity index (χ0v) is 8.38. The minimum Gasteiger partial charge on any atom is -0.353 e. The summed E-state index contributed by atoms with van der Waals surface area (Å²) in [6.45, 7) is 7.33. The van der Waals surface area contributed by atoms with Crippen LogP contribution >= 0.6 is 0 Å². The van der Waals surface area contributed by atoms with Crippen LogP contribution in [-0.4, -0.2) is 25.5 Å². The average Bonchev–Trinajstić information content (AvgIpc) is 2.01. The zero-order chi connectivity index (χ0) is 9.40. The molecule has 1 atom stereocenters. The molecular formula is C9H21NO2. The van der Waals surface area contributed by atoms with E-state index >= 15 is 0 Å². The Bertz CT molecular complexity index is 90.5. The van der Waals surface area contributed by atoms with Gasteiger partial charge in [0.25, 0.3) is 0 Å². The van der Waals surface area contributed by atoms with Gasteiger partial charge in [-0.05, 0) is 33.6 Å². The van der Waals surface area contributed by atoms with E-state index in [1.54, 1.807) is 0 Å². The van der Waals surface area contributed by atoms with Crippen LogP contribution in [0.25, 0.3) is 0 Å². The monoisotopic (exact) mass is 175 g/mol. The van der Waals surface area contributed by atoms with Crippen LogP contribution in [0.1, 0.15) is 33.6 Å². The maximum atomic E-state index is 5.62. The van der Waals surface area contributed by atoms with Crippen molar-refractivity contribution in [1.29, 1.82) is 0 Å². The number of nitrogens with two attached hydrogens (primary N) is 1. The molecule has 3 nitrogen and oxygen atoms in total. The summed E-state index contributed by atoms with van der Waals surface area (Å²) in [7, 11) is 0. The lowest BCUT2D eigenvalue weighted by molar-refractivity contribution is -0.140. The third-order valence-corrected chi connectivity index (χ3v) is 1.56. The molecule has 0 radical (unpaired) electrons. The Hall–Kier alpha value is -0.120. The minimum absolute atomic E-state index is 0.0639. The highest BCUT2D eigenvalue weighted by atomic mass is 16.7. The van der Waals surface area contributed by atoms with Crippen LogP contribution in [0.3, 0.4) is 0 Å². The quantitative estimate of drug-likeness (QED) is 0.596. The van der Waals surface area contributed by atoms with E-state index in [1.807, 2.05) is 20.8 Å². The minimum atomic E-state index is -0.0639. The van der Waals surface area contributed by atoms with Crippen molar-refractivity contribution < 1.29 is 9.47 Å². The van der Waals surface area contributed by atoms with Gasteiger partial charge in [0.1, 0.15) is 0 Å². The molecule has 0 fully saturated rings. The van der Waals surface area contributed by atoms with Crippen molar-refractivity contribution in [3.8, 4) is 0 Å². The molecule has 0 spiro atoms. The van der Waals surface area contributed by atoms with E-state index in [0.29, 0.717) is 13.2 Å². The SMILES string of the molecule is CCOC(CCC(C)N)OCC. The number of hydrogen-bond donors (Lipinski definition) is 1. The fourth-order valence-electron chi connectivity index (χ4n) is 0.986. The Morgan fingerprint density at radius 2 is 1.58 bits per heavy atom. The van der Waals surface area contributed by atoms with Gasteiger partial charge in [-0.1, -0.05) is 0 Å². The predicted octanol–water partition coefficient (Wildman–Crippen LogP) is 1.51. The molecule has 0 saturated heterocycles. The summed E-state index contributed by atoms with van der Waals surface area (Å²) in [6, 6.07) is 0.230. The molecule has 0 bridgehead atoms. The molecule has 74 valence electrons. The highest BCUT2D eigenvalue weighted by molar-refractivity contribution is 4.55. The van der Waals surface area contributed by atoms with Crippen LogP contribution in [-0.2, 0) is 9.47 Å². The van der Waals surface area contributed by atoms with Crippen LogP contribution in [0.15, 0.2) is 0 Å². The summed E-state index contributed by atoms with van der Waals surface area (Å²) >= 11 is 0. The molecule has 0 heterocycles. The second-order valence-electron chi connectivity index (χ2n) is 2.89. The largest absolute Gasteiger partial charge is 0.353 e. The van der Waals surface area contributed by atoms with Gasteiger partial charge in [0, 0.05) is 19.3 Å². The van der Waals surface area contributed by atoms with Crippen LogP contribution < -0.4 is 5.73 Å². The highest BCUT2D eigenvalue weighted by Crippen LogP contribution is 2.05. The van der Waals surface area contributed by atoms with Crippen molar-refractivity contribution in [3.63, 3.8) is 0 Å². The van der Waals surface area contributed by atoms with Gasteiger partial charge in [-0.2, -0.15) is 0 Å². The standard InChI is InChI=1S/C9H21NO2/c1-4-11-9(12-5-2)7-6-8(3)10/h8-9H,4-7,10H2,1-3H3. The Morgan fingerprint density at radius 3 is 1.92 bits per heavy atom. The van der Waals surface area contributed by atoms with E-state index in [0.717, 1.165) is 12.8 Å². The Kier molecular flexibility index (Phi) is 7.45. The first kappa shape index (κ1) is 11.9. The lowest BCUT2D eigenvalue weighted by Gasteiger charge is -2.17. The van der Waals surface area contributed by atoms with Crippen LogP contribution in [0, 0.1) is 0 Å². The average molecular weight is 175 g/mol. The van der Waals surface area contributed by atoms with Crippen molar-refractivity contribution in [2.24, 2.45) is 5.73 Å². The van der Waals surface area contributed by atoms with E-state index in [9.17, 15) is 0 Å². The van der Waals surface area contributed by atoms with Gasteiger partial charge in [-0.3, -0.25) is 0 Å². The van der Waals surface area contributed by atoms with Gasteiger partial charge < -0.3 is 15.2 Å². The number of ether oxygens (including phenoxy) is 2. The summed E-state index contributed by atoms with van der Waals surface area (Å²) < 4.78 is 10.7. The van der Waals surface area contributed by atoms with Crippen molar-refractivity contribution in [2.75, 3.05) is 13.2 Å². The molecule has 0 aromatic heterocycles. The summed E-state index contributed by atoms with van der Waals surface area (Å²) in [5.41, 5.74) is 5.62. The Labute approximate surface area is 75.2 Å². The molecule has 12 heavy (non-hydrogen) atoms. The van der Waals surface area contributed by atoms with Gasteiger partial charge >= 0.3 is 0 Å². The fourth-order valence-corrected chi connectivity index (χ4v) is 0.986. The molecule has 0 saturated carbocycles. The molecule has 0 aliphatic rings. The Balaban J connectivity index is 3.48. The van der Waals surface area contributed by atoms with Crippen LogP contribution in [0.2, 0.25) is 0 Å². The van der Waals surface area contributed by atoms with Crippen molar-refractivity contribution >= 4 is 0 Å². The van der Waals surface area contributed by atoms with Gasteiger partial charge in [0.15, 0.2) is 6.29 Å². The molecule has 0 aromatic rings. The van der Waals surface area contributed by atoms with E-state index in [1.165, 1.54) is 0 Å². The molecule has 3 heteroatoms. The van der Waals surface area contributed by atoms with Crippen molar-refractivity contribution in [1.82, 2.24) is 0 Å². The van der Waals surface area contributed by atoms with Gasteiger partial charge in [0.05, 0.1) is 0 Å². The van der Waals surface area contributed by atoms with E-state index in [4.69, 9.17) is 15.2 Å². The molecule has 0 rings (SSSR count). The summed E-state index contributed by atoms with van der Waals surface area (Å²) in [5.74, 6) is 0. The maximum Gasteiger partial charge on any atom is 0.157 e. The third-order valence-electron chi connectivity index (χ3n) is 1.56. The number of rotatable bonds is 7. The highest BCUT2D eigenvalue weighted by Gasteiger charge is 2.08. The number of hydrogen-bond acceptors (Lipinski definition) is 3. The zero-order valence-electron chi connectivity index (χ0n) is 8.38. The molecule has 0 aliphatic carbocycles. The summed E-state index contributed by atoms with van der Waals surface area (Å²) in [6.07, 6.45) is 1.77. The second kappa shape index (κ2) is 7.53. The Morgan fingerprint density at radius 1 is 1.08 bits per heavy atom.